The standard InChI is InChI=1S/C13H19NO/c1-9-12(7-8-13(9)14)10-3-5-11(15-2)6-4-10/h3-6,9,12-13H,7-8,14H2,1-2H3. The van der Waals surface area contributed by atoms with Crippen LogP contribution >= 0.6 is 0 Å². The van der Waals surface area contributed by atoms with Gasteiger partial charge in [0.1, 0.15) is 5.75 Å². The van der Waals surface area contributed by atoms with Crippen LogP contribution in [0.1, 0.15) is 31.2 Å². The fraction of sp³-hybridized carbons (Fsp3) is 0.538. The van der Waals surface area contributed by atoms with Crippen LogP contribution in [-0.2, 0) is 0 Å². The number of rotatable bonds is 2. The summed E-state index contributed by atoms with van der Waals surface area (Å²) in [6.07, 6.45) is 2.37. The fourth-order valence-corrected chi connectivity index (χ4v) is 2.52. The van der Waals surface area contributed by atoms with Crippen molar-refractivity contribution in [2.24, 2.45) is 11.7 Å². The zero-order chi connectivity index (χ0) is 10.8. The molecule has 1 aromatic carbocycles. The number of nitrogens with two attached hydrogens (primary N) is 1. The monoisotopic (exact) mass is 205 g/mol. The molecule has 3 atom stereocenters. The summed E-state index contributed by atoms with van der Waals surface area (Å²) in [5.41, 5.74) is 7.44. The second-order valence-corrected chi connectivity index (χ2v) is 4.48. The second kappa shape index (κ2) is 4.23. The molecule has 2 rings (SSSR count). The van der Waals surface area contributed by atoms with E-state index in [0.29, 0.717) is 17.9 Å². The van der Waals surface area contributed by atoms with Gasteiger partial charge in [0.05, 0.1) is 7.11 Å². The zero-order valence-electron chi connectivity index (χ0n) is 9.44. The van der Waals surface area contributed by atoms with E-state index < -0.39 is 0 Å². The lowest BCUT2D eigenvalue weighted by atomic mass is 9.89. The maximum Gasteiger partial charge on any atom is 0.118 e. The summed E-state index contributed by atoms with van der Waals surface area (Å²) >= 11 is 0. The van der Waals surface area contributed by atoms with Crippen LogP contribution in [0.15, 0.2) is 24.3 Å². The molecule has 0 bridgehead atoms. The van der Waals surface area contributed by atoms with Crippen LogP contribution in [0, 0.1) is 5.92 Å². The van der Waals surface area contributed by atoms with Crippen molar-refractivity contribution in [3.8, 4) is 5.75 Å². The van der Waals surface area contributed by atoms with E-state index in [4.69, 9.17) is 10.5 Å². The summed E-state index contributed by atoms with van der Waals surface area (Å²) in [6, 6.07) is 8.77. The molecular weight excluding hydrogens is 186 g/mol. The van der Waals surface area contributed by atoms with Gasteiger partial charge in [0.25, 0.3) is 0 Å². The molecule has 2 N–H and O–H groups in total. The highest BCUT2D eigenvalue weighted by Crippen LogP contribution is 2.38. The summed E-state index contributed by atoms with van der Waals surface area (Å²) in [7, 11) is 1.70. The molecular formula is C13H19NO. The molecule has 0 heterocycles. The lowest BCUT2D eigenvalue weighted by Gasteiger charge is -2.18. The van der Waals surface area contributed by atoms with Gasteiger partial charge in [-0.25, -0.2) is 0 Å². The van der Waals surface area contributed by atoms with Crippen molar-refractivity contribution < 1.29 is 4.74 Å². The quantitative estimate of drug-likeness (QED) is 0.805. The Hall–Kier alpha value is -1.02. The SMILES string of the molecule is COc1ccc(C2CCC(N)C2C)cc1. The molecule has 0 aromatic heterocycles. The van der Waals surface area contributed by atoms with Crippen LogP contribution in [-0.4, -0.2) is 13.2 Å². The van der Waals surface area contributed by atoms with Crippen LogP contribution in [0.3, 0.4) is 0 Å². The van der Waals surface area contributed by atoms with Crippen molar-refractivity contribution in [2.75, 3.05) is 7.11 Å². The number of benzene rings is 1. The van der Waals surface area contributed by atoms with Crippen molar-refractivity contribution in [3.63, 3.8) is 0 Å². The Morgan fingerprint density at radius 1 is 1.20 bits per heavy atom. The number of methoxy groups -OCH3 is 1. The molecule has 1 saturated carbocycles. The maximum absolute atomic E-state index is 6.04. The highest BCUT2D eigenvalue weighted by Gasteiger charge is 2.30. The molecule has 2 nitrogen and oxygen atoms in total. The first-order valence-corrected chi connectivity index (χ1v) is 5.62. The van der Waals surface area contributed by atoms with Crippen LogP contribution in [0.5, 0.6) is 5.75 Å². The van der Waals surface area contributed by atoms with E-state index in [1.54, 1.807) is 7.11 Å². The molecule has 1 aliphatic rings. The molecule has 15 heavy (non-hydrogen) atoms. The van der Waals surface area contributed by atoms with Gasteiger partial charge >= 0.3 is 0 Å². The predicted octanol–water partition coefficient (Wildman–Crippen LogP) is 2.54. The number of hydrogen-bond acceptors (Lipinski definition) is 2. The predicted molar refractivity (Wildman–Crippen MR) is 62.1 cm³/mol. The van der Waals surface area contributed by atoms with Gasteiger partial charge in [-0.15, -0.1) is 0 Å². The topological polar surface area (TPSA) is 35.2 Å². The minimum absolute atomic E-state index is 0.372. The first-order valence-electron chi connectivity index (χ1n) is 5.62. The minimum atomic E-state index is 0.372. The summed E-state index contributed by atoms with van der Waals surface area (Å²) < 4.78 is 5.16. The molecule has 0 amide bonds. The van der Waals surface area contributed by atoms with Crippen molar-refractivity contribution >= 4 is 0 Å². The van der Waals surface area contributed by atoms with Crippen LogP contribution in [0.25, 0.3) is 0 Å². The third-order valence-corrected chi connectivity index (χ3v) is 3.66. The second-order valence-electron chi connectivity index (χ2n) is 4.48. The maximum atomic E-state index is 6.04. The Morgan fingerprint density at radius 2 is 1.87 bits per heavy atom. The van der Waals surface area contributed by atoms with Crippen LogP contribution in [0.2, 0.25) is 0 Å². The van der Waals surface area contributed by atoms with Crippen molar-refractivity contribution in [3.05, 3.63) is 29.8 Å². The van der Waals surface area contributed by atoms with Crippen molar-refractivity contribution in [2.45, 2.75) is 31.7 Å². The number of ether oxygens (including phenoxy) is 1. The molecule has 1 aromatic rings. The average Bonchev–Trinajstić information content (AvgIpc) is 2.60. The molecule has 0 radical (unpaired) electrons. The average molecular weight is 205 g/mol. The summed E-state index contributed by atoms with van der Waals surface area (Å²) in [5, 5.41) is 0. The van der Waals surface area contributed by atoms with E-state index in [1.165, 1.54) is 12.0 Å². The van der Waals surface area contributed by atoms with E-state index in [-0.39, 0.29) is 0 Å². The fourth-order valence-electron chi connectivity index (χ4n) is 2.52. The highest BCUT2D eigenvalue weighted by atomic mass is 16.5. The molecule has 1 fully saturated rings. The zero-order valence-corrected chi connectivity index (χ0v) is 9.44. The van der Waals surface area contributed by atoms with Gasteiger partial charge < -0.3 is 10.5 Å². The summed E-state index contributed by atoms with van der Waals surface area (Å²) in [4.78, 5) is 0. The Labute approximate surface area is 91.4 Å². The van der Waals surface area contributed by atoms with E-state index in [9.17, 15) is 0 Å². The van der Waals surface area contributed by atoms with Gasteiger partial charge in [-0.05, 0) is 42.4 Å². The molecule has 0 saturated heterocycles. The lowest BCUT2D eigenvalue weighted by molar-refractivity contribution is 0.414. The Morgan fingerprint density at radius 3 is 2.33 bits per heavy atom. The van der Waals surface area contributed by atoms with Gasteiger partial charge in [-0.2, -0.15) is 0 Å². The van der Waals surface area contributed by atoms with Gasteiger partial charge in [0.2, 0.25) is 0 Å². The van der Waals surface area contributed by atoms with Crippen molar-refractivity contribution in [1.29, 1.82) is 0 Å². The molecule has 0 aliphatic heterocycles. The van der Waals surface area contributed by atoms with Crippen molar-refractivity contribution in [1.82, 2.24) is 0 Å². The smallest absolute Gasteiger partial charge is 0.118 e. The van der Waals surface area contributed by atoms with Crippen LogP contribution in [0.4, 0.5) is 0 Å². The molecule has 1 aliphatic carbocycles. The van der Waals surface area contributed by atoms with E-state index in [0.717, 1.165) is 12.2 Å². The van der Waals surface area contributed by atoms with Gasteiger partial charge in [-0.3, -0.25) is 0 Å². The molecule has 0 spiro atoms. The van der Waals surface area contributed by atoms with E-state index >= 15 is 0 Å². The van der Waals surface area contributed by atoms with Gasteiger partial charge in [-0.1, -0.05) is 19.1 Å². The third kappa shape index (κ3) is 2.00. The first-order chi connectivity index (χ1) is 7.22. The van der Waals surface area contributed by atoms with E-state index in [2.05, 4.69) is 19.1 Å². The molecule has 3 unspecified atom stereocenters. The number of hydrogen-bond donors (Lipinski definition) is 1. The Bertz CT molecular complexity index is 320. The lowest BCUT2D eigenvalue weighted by Crippen LogP contribution is -2.24. The molecule has 2 heteroatoms. The summed E-state index contributed by atoms with van der Waals surface area (Å²) in [5.74, 6) is 2.15. The van der Waals surface area contributed by atoms with Gasteiger partial charge in [0.15, 0.2) is 0 Å². The van der Waals surface area contributed by atoms with Crippen LogP contribution < -0.4 is 10.5 Å². The minimum Gasteiger partial charge on any atom is -0.497 e. The Kier molecular flexibility index (Phi) is 2.96. The third-order valence-electron chi connectivity index (χ3n) is 3.66. The first kappa shape index (κ1) is 10.5. The normalized spacial score (nSPS) is 30.5. The largest absolute Gasteiger partial charge is 0.497 e. The highest BCUT2D eigenvalue weighted by molar-refractivity contribution is 5.30. The van der Waals surface area contributed by atoms with Gasteiger partial charge in [0, 0.05) is 6.04 Å². The van der Waals surface area contributed by atoms with E-state index in [1.807, 2.05) is 12.1 Å². The Balaban J connectivity index is 2.16. The summed E-state index contributed by atoms with van der Waals surface area (Å²) in [6.45, 7) is 2.26. The molecule has 82 valence electrons.